The summed E-state index contributed by atoms with van der Waals surface area (Å²) in [6, 6.07) is 11.6. The Hall–Kier alpha value is -2.14. The molecule has 0 radical (unpaired) electrons. The fourth-order valence-corrected chi connectivity index (χ4v) is 1.97. The monoisotopic (exact) mass is 439 g/mol. The third kappa shape index (κ3) is 6.96. The van der Waals surface area contributed by atoms with Gasteiger partial charge in [0, 0.05) is 13.0 Å². The first-order valence-electron chi connectivity index (χ1n) is 7.43. The number of benzene rings is 1. The molecule has 0 aliphatic heterocycles. The maximum absolute atomic E-state index is 5.30. The van der Waals surface area contributed by atoms with Crippen LogP contribution in [0.2, 0.25) is 0 Å². The van der Waals surface area contributed by atoms with E-state index < -0.39 is 0 Å². The zero-order valence-corrected chi connectivity index (χ0v) is 15.9. The van der Waals surface area contributed by atoms with Crippen LogP contribution >= 0.6 is 24.0 Å². The number of hydrogen-bond acceptors (Lipinski definition) is 3. The van der Waals surface area contributed by atoms with Crippen LogP contribution in [0.3, 0.4) is 0 Å². The molecule has 0 atom stereocenters. The van der Waals surface area contributed by atoms with Crippen molar-refractivity contribution in [2.45, 2.75) is 13.0 Å². The Morgan fingerprint density at radius 3 is 2.67 bits per heavy atom. The molecule has 0 amide bonds. The van der Waals surface area contributed by atoms with Crippen molar-refractivity contribution in [3.05, 3.63) is 54.0 Å². The van der Waals surface area contributed by atoms with Crippen molar-refractivity contribution in [1.82, 2.24) is 10.6 Å². The van der Waals surface area contributed by atoms with Crippen molar-refractivity contribution in [1.29, 1.82) is 0 Å². The average molecular weight is 439 g/mol. The van der Waals surface area contributed by atoms with Gasteiger partial charge in [-0.25, -0.2) is 4.99 Å². The highest BCUT2D eigenvalue weighted by atomic mass is 127. The smallest absolute Gasteiger partial charge is 0.192 e. The van der Waals surface area contributed by atoms with E-state index in [0.29, 0.717) is 25.6 Å². The molecule has 0 saturated heterocycles. The first-order chi connectivity index (χ1) is 11.3. The predicted octanol–water partition coefficient (Wildman–Crippen LogP) is 2.82. The second-order valence-corrected chi connectivity index (χ2v) is 4.83. The van der Waals surface area contributed by atoms with E-state index in [4.69, 9.17) is 15.6 Å². The molecule has 2 rings (SSSR count). The highest BCUT2D eigenvalue weighted by Crippen LogP contribution is 2.11. The SMILES string of the molecule is C#CCNC(=NCc1ccc(OC)cc1)NCCc1ccco1.I. The van der Waals surface area contributed by atoms with Gasteiger partial charge in [0.15, 0.2) is 5.96 Å². The maximum atomic E-state index is 5.30. The van der Waals surface area contributed by atoms with E-state index in [2.05, 4.69) is 21.5 Å². The molecule has 1 aromatic carbocycles. The van der Waals surface area contributed by atoms with Crippen LogP contribution in [0.25, 0.3) is 0 Å². The zero-order chi connectivity index (χ0) is 16.3. The minimum atomic E-state index is 0. The first-order valence-corrected chi connectivity index (χ1v) is 7.43. The van der Waals surface area contributed by atoms with E-state index in [-0.39, 0.29) is 24.0 Å². The summed E-state index contributed by atoms with van der Waals surface area (Å²) >= 11 is 0. The molecule has 6 heteroatoms. The van der Waals surface area contributed by atoms with Gasteiger partial charge in [0.2, 0.25) is 0 Å². The summed E-state index contributed by atoms with van der Waals surface area (Å²) in [7, 11) is 1.65. The number of halogens is 1. The summed E-state index contributed by atoms with van der Waals surface area (Å²) in [6.07, 6.45) is 7.75. The number of ether oxygens (including phenoxy) is 1. The summed E-state index contributed by atoms with van der Waals surface area (Å²) < 4.78 is 10.4. The summed E-state index contributed by atoms with van der Waals surface area (Å²) in [4.78, 5) is 4.53. The molecule has 2 aromatic rings. The standard InChI is InChI=1S/C18H21N3O2.HI/c1-3-11-19-18(20-12-10-17-5-4-13-23-17)21-14-15-6-8-16(22-2)9-7-15;/h1,4-9,13H,10-12,14H2,2H3,(H2,19,20,21);1H. The van der Waals surface area contributed by atoms with Crippen LogP contribution in [0.5, 0.6) is 5.75 Å². The summed E-state index contributed by atoms with van der Waals surface area (Å²) in [5.41, 5.74) is 1.10. The molecule has 1 heterocycles. The van der Waals surface area contributed by atoms with E-state index >= 15 is 0 Å². The van der Waals surface area contributed by atoms with Crippen molar-refractivity contribution in [3.63, 3.8) is 0 Å². The fraction of sp³-hybridized carbons (Fsp3) is 0.278. The molecule has 5 nitrogen and oxygen atoms in total. The van der Waals surface area contributed by atoms with Gasteiger partial charge in [-0.15, -0.1) is 30.4 Å². The van der Waals surface area contributed by atoms with E-state index in [1.807, 2.05) is 36.4 Å². The molecule has 128 valence electrons. The third-order valence-corrected chi connectivity index (χ3v) is 3.18. The second kappa shape index (κ2) is 11.4. The normalized spacial score (nSPS) is 10.4. The number of nitrogens with one attached hydrogen (secondary N) is 2. The molecular formula is C18H22IN3O2. The van der Waals surface area contributed by atoms with Gasteiger partial charge in [-0.05, 0) is 29.8 Å². The largest absolute Gasteiger partial charge is 0.497 e. The molecule has 2 N–H and O–H groups in total. The highest BCUT2D eigenvalue weighted by Gasteiger charge is 2.00. The predicted molar refractivity (Wildman–Crippen MR) is 107 cm³/mol. The number of rotatable bonds is 7. The van der Waals surface area contributed by atoms with Gasteiger partial charge in [-0.3, -0.25) is 0 Å². The van der Waals surface area contributed by atoms with E-state index in [1.54, 1.807) is 13.4 Å². The average Bonchev–Trinajstić information content (AvgIpc) is 3.10. The number of terminal acetylenes is 1. The van der Waals surface area contributed by atoms with Crippen molar-refractivity contribution < 1.29 is 9.15 Å². The van der Waals surface area contributed by atoms with E-state index in [0.717, 1.165) is 23.5 Å². The lowest BCUT2D eigenvalue weighted by Gasteiger charge is -2.10. The molecule has 0 aliphatic rings. The molecule has 0 aliphatic carbocycles. The maximum Gasteiger partial charge on any atom is 0.192 e. The molecule has 0 spiro atoms. The Kier molecular flexibility index (Phi) is 9.46. The molecular weight excluding hydrogens is 417 g/mol. The van der Waals surface area contributed by atoms with Gasteiger partial charge in [-0.2, -0.15) is 0 Å². The van der Waals surface area contributed by atoms with Crippen molar-refractivity contribution in [2.24, 2.45) is 4.99 Å². The Bertz CT molecular complexity index is 646. The summed E-state index contributed by atoms with van der Waals surface area (Å²) in [6.45, 7) is 1.70. The number of guanidine groups is 1. The van der Waals surface area contributed by atoms with Crippen LogP contribution in [-0.4, -0.2) is 26.2 Å². The number of aliphatic imine (C=N–C) groups is 1. The Morgan fingerprint density at radius 2 is 2.04 bits per heavy atom. The van der Waals surface area contributed by atoms with Gasteiger partial charge in [0.05, 0.1) is 26.5 Å². The highest BCUT2D eigenvalue weighted by molar-refractivity contribution is 14.0. The van der Waals surface area contributed by atoms with Crippen LogP contribution in [-0.2, 0) is 13.0 Å². The van der Waals surface area contributed by atoms with Crippen LogP contribution in [0.15, 0.2) is 52.1 Å². The van der Waals surface area contributed by atoms with E-state index in [1.165, 1.54) is 0 Å². The molecule has 24 heavy (non-hydrogen) atoms. The van der Waals surface area contributed by atoms with Crippen LogP contribution in [0.4, 0.5) is 0 Å². The number of nitrogens with zero attached hydrogens (tertiary/aromatic N) is 1. The molecule has 1 aromatic heterocycles. The van der Waals surface area contributed by atoms with Crippen molar-refractivity contribution in [3.8, 4) is 18.1 Å². The summed E-state index contributed by atoms with van der Waals surface area (Å²) in [5.74, 6) is 5.00. The van der Waals surface area contributed by atoms with Crippen LogP contribution < -0.4 is 15.4 Å². The first kappa shape index (κ1) is 19.9. The molecule has 0 bridgehead atoms. The van der Waals surface area contributed by atoms with Gasteiger partial charge in [-0.1, -0.05) is 18.1 Å². The quantitative estimate of drug-likeness (QED) is 0.302. The van der Waals surface area contributed by atoms with Gasteiger partial charge in [0.1, 0.15) is 11.5 Å². The zero-order valence-electron chi connectivity index (χ0n) is 13.6. The van der Waals surface area contributed by atoms with E-state index in [9.17, 15) is 0 Å². The Labute approximate surface area is 159 Å². The fourth-order valence-electron chi connectivity index (χ4n) is 1.97. The van der Waals surface area contributed by atoms with Crippen molar-refractivity contribution >= 4 is 29.9 Å². The van der Waals surface area contributed by atoms with Gasteiger partial charge in [0.25, 0.3) is 0 Å². The lowest BCUT2D eigenvalue weighted by atomic mass is 10.2. The third-order valence-electron chi connectivity index (χ3n) is 3.18. The van der Waals surface area contributed by atoms with Crippen LogP contribution in [0.1, 0.15) is 11.3 Å². The lowest BCUT2D eigenvalue weighted by molar-refractivity contribution is 0.414. The summed E-state index contributed by atoms with van der Waals surface area (Å²) in [5, 5.41) is 6.33. The number of hydrogen-bond donors (Lipinski definition) is 2. The molecule has 0 unspecified atom stereocenters. The Balaban J connectivity index is 0.00000288. The van der Waals surface area contributed by atoms with Gasteiger partial charge < -0.3 is 19.8 Å². The Morgan fingerprint density at radius 1 is 1.25 bits per heavy atom. The van der Waals surface area contributed by atoms with Gasteiger partial charge >= 0.3 is 0 Å². The minimum absolute atomic E-state index is 0. The lowest BCUT2D eigenvalue weighted by Crippen LogP contribution is -2.38. The molecule has 0 fully saturated rings. The van der Waals surface area contributed by atoms with Crippen molar-refractivity contribution in [2.75, 3.05) is 20.2 Å². The minimum Gasteiger partial charge on any atom is -0.497 e. The topological polar surface area (TPSA) is 58.8 Å². The second-order valence-electron chi connectivity index (χ2n) is 4.83. The number of furan rings is 1. The number of methoxy groups -OCH3 is 1. The van der Waals surface area contributed by atoms with Crippen LogP contribution in [0, 0.1) is 12.3 Å². The molecule has 0 saturated carbocycles.